The van der Waals surface area contributed by atoms with Gasteiger partial charge in [0.15, 0.2) is 5.96 Å². The summed E-state index contributed by atoms with van der Waals surface area (Å²) < 4.78 is 31.7. The standard InChI is InChI=1S/C75H106N20O19S.C2HF3O2/c1-41(2)62(74(113)114)94-72(111)59-19-12-29-95(59)73(112)53(17-9-10-27-76)85-60(99)37-83-64(103)56(33-44-35-82-49-16-8-7-15-47(44)49)91-65(104)50(18-11-28-81-75(78)79)86-68(107)55(31-42-13-5-4-6-14-42)90-70(109)57(34-45-36-80-40-84-45)92-66(105)51(24-25-61(100)101)87-67(106)52(26-30-115-3)88-71(110)58(39-97)93-69(108)54(89-63(102)48(77)38-96)32-43-20-22-46(98)23-21-43;3-2(4,5)1(6)7/h4-8,13-16,20-23,35-36,40-41,48,50-59,62,82,96-98H,9-12,17-19,24-34,37-39,76-77H2,1-3H3,(H,80,84)(H,83,103)(H,85,99)(H,86,107)(H,87,106)(H,88,110)(H,89,102)(H,90,109)(H,91,104)(H,92,105)(H,93,108)(H,94,111)(H,100,101)(H,113,114)(H4,78,79,81);(H,6,7)/t48-,50-,51-,52-,53-,54-,55-,56-,57-,58-,59-,62-;/m0./s1. The van der Waals surface area contributed by atoms with Crippen molar-refractivity contribution in [2.24, 2.45) is 23.1 Å². The number of benzene rings is 3. The molecule has 1 saturated heterocycles. The lowest BCUT2D eigenvalue weighted by Gasteiger charge is -2.30. The number of nitrogens with one attached hydrogen (secondary N) is 15. The van der Waals surface area contributed by atoms with E-state index in [0.717, 1.165) is 0 Å². The number of halogens is 3. The number of aromatic nitrogens is 3. The maximum absolute atomic E-state index is 15.1. The molecule has 0 aliphatic carbocycles. The molecule has 1 aliphatic heterocycles. The molecule has 5 aromatic rings. The van der Waals surface area contributed by atoms with Gasteiger partial charge in [-0.15, -0.1) is 0 Å². The van der Waals surface area contributed by atoms with Crippen LogP contribution in [0.4, 0.5) is 13.2 Å². The van der Waals surface area contributed by atoms with Gasteiger partial charge in [-0.25, -0.2) is 14.6 Å². The number of thioether (sulfide) groups is 1. The monoisotopic (exact) mass is 1740 g/mol. The van der Waals surface area contributed by atoms with Gasteiger partial charge < -0.3 is 127 Å². The Hall–Kier alpha value is -12.5. The number of aromatic hydroxyl groups is 1. The Kier molecular flexibility index (Phi) is 41.5. The third-order valence-corrected chi connectivity index (χ3v) is 19.7. The third-order valence-electron chi connectivity index (χ3n) is 19.1. The average molecular weight is 1740 g/mol. The van der Waals surface area contributed by atoms with Crippen molar-refractivity contribution in [1.29, 1.82) is 5.41 Å². The number of rotatable bonds is 49. The number of carbonyl (C=O) groups is 15. The van der Waals surface area contributed by atoms with Gasteiger partial charge in [-0.2, -0.15) is 24.9 Å². The zero-order valence-corrected chi connectivity index (χ0v) is 67.9. The number of para-hydroxylation sites is 1. The molecule has 3 aromatic carbocycles. The molecular weight excluding hydrogens is 1630 g/mol. The van der Waals surface area contributed by atoms with Gasteiger partial charge in [0.25, 0.3) is 0 Å². The molecular formula is C77H107F3N20O21S. The van der Waals surface area contributed by atoms with E-state index < -0.39 is 212 Å². The van der Waals surface area contributed by atoms with Crippen LogP contribution in [0, 0.1) is 11.3 Å². The number of hydrogen-bond donors (Lipinski definition) is 24. The summed E-state index contributed by atoms with van der Waals surface area (Å²) in [5.41, 5.74) is 19.4. The van der Waals surface area contributed by atoms with Crippen LogP contribution >= 0.6 is 11.8 Å². The number of carboxylic acids is 3. The van der Waals surface area contributed by atoms with E-state index in [-0.39, 0.29) is 94.6 Å². The van der Waals surface area contributed by atoms with Gasteiger partial charge in [-0.3, -0.25) is 67.7 Å². The molecule has 45 heteroatoms. The van der Waals surface area contributed by atoms with Gasteiger partial charge in [0.2, 0.25) is 70.9 Å². The molecule has 0 bridgehead atoms. The first-order valence-electron chi connectivity index (χ1n) is 38.8. The molecule has 12 amide bonds. The van der Waals surface area contributed by atoms with E-state index in [2.05, 4.69) is 78.8 Å². The first-order chi connectivity index (χ1) is 57.9. The molecule has 1 fully saturated rings. The predicted molar refractivity (Wildman–Crippen MR) is 434 cm³/mol. The van der Waals surface area contributed by atoms with Gasteiger partial charge in [-0.05, 0) is 117 Å². The highest BCUT2D eigenvalue weighted by Gasteiger charge is 2.42. The van der Waals surface area contributed by atoms with Crippen molar-refractivity contribution >= 4 is 117 Å². The van der Waals surface area contributed by atoms with Crippen LogP contribution in [0.2, 0.25) is 0 Å². The Morgan fingerprint density at radius 1 is 0.598 bits per heavy atom. The van der Waals surface area contributed by atoms with Crippen LogP contribution in [0.15, 0.2) is 97.6 Å². The van der Waals surface area contributed by atoms with Gasteiger partial charge in [0, 0.05) is 74.2 Å². The van der Waals surface area contributed by atoms with Crippen molar-refractivity contribution in [2.45, 2.75) is 182 Å². The Morgan fingerprint density at radius 2 is 1.11 bits per heavy atom. The summed E-state index contributed by atoms with van der Waals surface area (Å²) in [4.78, 5) is 216. The normalized spacial score (nSPS) is 15.1. The van der Waals surface area contributed by atoms with E-state index in [4.69, 9.17) is 32.5 Å². The molecule has 0 spiro atoms. The van der Waals surface area contributed by atoms with Crippen molar-refractivity contribution in [3.05, 3.63) is 120 Å². The number of aromatic amines is 2. The number of nitrogens with two attached hydrogens (primary N) is 3. The summed E-state index contributed by atoms with van der Waals surface area (Å²) in [5.74, 6) is -17.5. The minimum atomic E-state index is -5.08. The number of amides is 12. The number of nitrogens with zero attached hydrogens (tertiary/aromatic N) is 2. The first-order valence-corrected chi connectivity index (χ1v) is 40.2. The summed E-state index contributed by atoms with van der Waals surface area (Å²) in [6.45, 7) is 1.02. The van der Waals surface area contributed by atoms with Gasteiger partial charge in [0.1, 0.15) is 78.3 Å². The molecule has 0 unspecified atom stereocenters. The fraction of sp³-hybridized carbons (Fsp3) is 0.494. The lowest BCUT2D eigenvalue weighted by molar-refractivity contribution is -0.192. The Morgan fingerprint density at radius 3 is 1.65 bits per heavy atom. The van der Waals surface area contributed by atoms with Crippen molar-refractivity contribution in [1.82, 2.24) is 83.7 Å². The van der Waals surface area contributed by atoms with Gasteiger partial charge >= 0.3 is 24.1 Å². The number of carboxylic acid groups (broad SMARTS) is 3. The minimum Gasteiger partial charge on any atom is -0.508 e. The topological polar surface area (TPSA) is 671 Å². The fourth-order valence-electron chi connectivity index (χ4n) is 12.5. The molecule has 0 saturated carbocycles. The van der Waals surface area contributed by atoms with Crippen molar-refractivity contribution in [3.63, 3.8) is 0 Å². The highest BCUT2D eigenvalue weighted by molar-refractivity contribution is 7.98. The van der Waals surface area contributed by atoms with Crippen LogP contribution in [-0.4, -0.2) is 275 Å². The summed E-state index contributed by atoms with van der Waals surface area (Å²) in [5, 5.41) is 95.8. The summed E-state index contributed by atoms with van der Waals surface area (Å²) >= 11 is 1.24. The van der Waals surface area contributed by atoms with Crippen LogP contribution in [0.3, 0.4) is 0 Å². The number of phenolic OH excluding ortho intramolecular Hbond substituents is 1. The lowest BCUT2D eigenvalue weighted by Crippen LogP contribution is -2.61. The number of aliphatic carboxylic acids is 3. The van der Waals surface area contributed by atoms with Crippen LogP contribution in [0.25, 0.3) is 10.9 Å². The number of imidazole rings is 1. The van der Waals surface area contributed by atoms with Crippen molar-refractivity contribution in [2.75, 3.05) is 51.4 Å². The smallest absolute Gasteiger partial charge is 0.490 e. The van der Waals surface area contributed by atoms with Crippen LogP contribution in [0.5, 0.6) is 5.75 Å². The fourth-order valence-corrected chi connectivity index (χ4v) is 13.0. The van der Waals surface area contributed by atoms with E-state index in [1.165, 1.54) is 53.5 Å². The highest BCUT2D eigenvalue weighted by atomic mass is 32.2. The number of aliphatic hydroxyl groups is 2. The maximum atomic E-state index is 15.1. The molecule has 6 rings (SSSR count). The minimum absolute atomic E-state index is 0.00378. The summed E-state index contributed by atoms with van der Waals surface area (Å²) in [6.07, 6.45) is -0.433. The number of fused-ring (bicyclic) bond motifs is 1. The molecule has 3 heterocycles. The number of carbonyl (C=O) groups excluding carboxylic acids is 12. The van der Waals surface area contributed by atoms with Crippen LogP contribution < -0.4 is 81.0 Å². The maximum Gasteiger partial charge on any atom is 0.490 e. The third kappa shape index (κ3) is 33.6. The molecule has 2 aromatic heterocycles. The Bertz CT molecular complexity index is 4360. The molecule has 122 heavy (non-hydrogen) atoms. The van der Waals surface area contributed by atoms with Crippen molar-refractivity contribution in [3.8, 4) is 5.75 Å². The molecule has 0 radical (unpaired) electrons. The largest absolute Gasteiger partial charge is 0.508 e. The van der Waals surface area contributed by atoms with Crippen molar-refractivity contribution < 1.29 is 116 Å². The second-order valence-corrected chi connectivity index (χ2v) is 29.7. The average Bonchev–Trinajstić information content (AvgIpc) is 1.60. The predicted octanol–water partition coefficient (Wildman–Crippen LogP) is -3.48. The molecule has 668 valence electrons. The molecule has 41 nitrogen and oxygen atoms in total. The number of hydrogen-bond acceptors (Lipinski definition) is 23. The molecule has 12 atom stereocenters. The van der Waals surface area contributed by atoms with E-state index in [1.807, 2.05) is 0 Å². The number of guanidine groups is 1. The van der Waals surface area contributed by atoms with E-state index >= 15 is 14.4 Å². The first kappa shape index (κ1) is 100. The van der Waals surface area contributed by atoms with E-state index in [9.17, 15) is 91.4 Å². The Balaban J connectivity index is 0.00000361. The van der Waals surface area contributed by atoms with E-state index in [0.29, 0.717) is 46.9 Å². The zero-order valence-electron chi connectivity index (χ0n) is 67.1. The Labute approximate surface area is 702 Å². The SMILES string of the molecule is CSCC[C@H](NC(=O)[C@H](CO)NC(=O)[C@H](Cc1ccc(O)cc1)NC(=O)[C@@H](N)CO)C(=O)N[C@@H](CCC(=O)O)C(=O)N[C@@H](Cc1cnc[nH]1)C(=O)N[C@@H](Cc1ccccc1)C(=O)N[C@@H](CCCNC(=N)N)C(=O)N[C@@H](Cc1c[nH]c2ccccc12)C(=O)NCC(=O)N[C@@H](CCCCN)C(=O)N1CCC[C@H]1C(=O)N[C@H](C(=O)O)C(C)C.O=C(O)C(F)(F)F. The number of alkyl halides is 3. The summed E-state index contributed by atoms with van der Waals surface area (Å²) in [7, 11) is 0. The number of phenols is 1. The second kappa shape index (κ2) is 50.6. The zero-order chi connectivity index (χ0) is 90.3. The summed E-state index contributed by atoms with van der Waals surface area (Å²) in [6, 6.07) is 2.95. The molecule has 1 aliphatic rings. The number of likely N-dealkylation sites (tertiary alicyclic amines) is 1. The second-order valence-electron chi connectivity index (χ2n) is 28.7. The highest BCUT2D eigenvalue weighted by Crippen LogP contribution is 2.23. The van der Waals surface area contributed by atoms with Gasteiger partial charge in [-0.1, -0.05) is 74.5 Å². The molecule has 27 N–H and O–H groups in total. The van der Waals surface area contributed by atoms with Crippen LogP contribution in [0.1, 0.15) is 100 Å². The quantitative estimate of drug-likeness (QED) is 0.0102. The van der Waals surface area contributed by atoms with Gasteiger partial charge in [0.05, 0.1) is 26.1 Å². The number of unbranched alkanes of at least 4 members (excludes halogenated alkanes) is 1. The number of H-pyrrole nitrogens is 2. The number of aliphatic hydroxyl groups excluding tert-OH is 2. The lowest BCUT2D eigenvalue weighted by atomic mass is 10.0. The van der Waals surface area contributed by atoms with Crippen LogP contribution in [-0.2, 0) is 97.6 Å². The van der Waals surface area contributed by atoms with E-state index in [1.54, 1.807) is 80.9 Å².